The number of ether oxygens (including phenoxy) is 3. The van der Waals surface area contributed by atoms with Gasteiger partial charge in [0.25, 0.3) is 10.1 Å². The Morgan fingerprint density at radius 2 is 1.36 bits per heavy atom. The summed E-state index contributed by atoms with van der Waals surface area (Å²) in [6, 6.07) is 22.1. The van der Waals surface area contributed by atoms with E-state index in [4.69, 9.17) is 19.3 Å². The number of primary sulfonamides is 1. The number of Topliss-reactive ketones (excluding diaryl/α,β-unsaturated/α-hetero) is 1. The van der Waals surface area contributed by atoms with E-state index in [0.717, 1.165) is 92.4 Å². The lowest BCUT2D eigenvalue weighted by molar-refractivity contribution is -0.438. The van der Waals surface area contributed by atoms with Gasteiger partial charge in [0.15, 0.2) is 37.9 Å². The minimum absolute atomic E-state index is 0.00753. The van der Waals surface area contributed by atoms with Crippen LogP contribution in [0.15, 0.2) is 129 Å². The molecule has 0 radical (unpaired) electrons. The minimum Gasteiger partial charge on any atom is -0.480 e. The second-order valence-electron chi connectivity index (χ2n) is 27.1. The molecule has 4 aliphatic rings. The number of nitrogens with two attached hydrogens (primary N) is 1. The van der Waals surface area contributed by atoms with Gasteiger partial charge in [-0.1, -0.05) is 114 Å². The zero-order valence-electron chi connectivity index (χ0n) is 57.5. The van der Waals surface area contributed by atoms with Gasteiger partial charge in [0, 0.05) is 85.8 Å². The number of ketones is 1. The fourth-order valence-electron chi connectivity index (χ4n) is 13.7. The third kappa shape index (κ3) is 20.6. The fourth-order valence-corrected chi connectivity index (χ4v) is 16.5. The summed E-state index contributed by atoms with van der Waals surface area (Å²) in [6.45, 7) is 12.8. The monoisotopic (exact) mass is 1430 g/mol. The van der Waals surface area contributed by atoms with Crippen molar-refractivity contribution < 1.29 is 81.3 Å². The number of anilines is 2. The highest BCUT2D eigenvalue weighted by Crippen LogP contribution is 2.48. The Morgan fingerprint density at radius 3 is 2.05 bits per heavy atom. The maximum Gasteiger partial charge on any atom is 0.326 e. The van der Waals surface area contributed by atoms with Crippen molar-refractivity contribution in [1.82, 2.24) is 5.32 Å². The SMILES string of the molecule is CCCCC[N+]1=C(/C=C/C2=C(Oc3ccc(C[C@H](NC(=O)CCOCCOCCCC(=O)CCCS(=O)(=O)c4c(F)c(F)c(S(N)(=O)=O)c(F)c4NC4CCCCCCC4)C(=O)O)cc3)C(=C/C=C3/N(CCCCS(=O)(=O)O)c4ccccc4C3(C)C)/CCC2)C(C)(C)c2ccccc21. The summed E-state index contributed by atoms with van der Waals surface area (Å²) < 4.78 is 151. The maximum absolute atomic E-state index is 15.8. The van der Waals surface area contributed by atoms with Crippen LogP contribution in [-0.2, 0) is 71.1 Å². The molecule has 1 atom stereocenters. The van der Waals surface area contributed by atoms with Crippen molar-refractivity contribution in [3.63, 3.8) is 0 Å². The number of amides is 1. The van der Waals surface area contributed by atoms with E-state index in [0.29, 0.717) is 62.1 Å². The van der Waals surface area contributed by atoms with Crippen molar-refractivity contribution in [2.75, 3.05) is 61.2 Å². The van der Waals surface area contributed by atoms with Gasteiger partial charge in [-0.3, -0.25) is 14.1 Å². The van der Waals surface area contributed by atoms with Crippen molar-refractivity contribution in [1.29, 1.82) is 0 Å². The number of carboxylic acid groups (broad SMARTS) is 1. The van der Waals surface area contributed by atoms with Gasteiger partial charge in [-0.2, -0.15) is 13.0 Å². The van der Waals surface area contributed by atoms with Crippen molar-refractivity contribution in [3.8, 4) is 5.75 Å². The van der Waals surface area contributed by atoms with Crippen molar-refractivity contribution >= 4 is 70.4 Å². The number of carbonyl (C=O) groups excluding carboxylic acids is 2. The quantitative estimate of drug-likeness (QED) is 0.0122. The largest absolute Gasteiger partial charge is 0.480 e. The number of allylic oxidation sites excluding steroid dienone is 7. The molecule has 8 rings (SSSR count). The molecule has 0 unspecified atom stereocenters. The van der Waals surface area contributed by atoms with Gasteiger partial charge < -0.3 is 34.9 Å². The number of carbonyl (C=O) groups is 3. The molecule has 540 valence electrons. The fraction of sp³-hybridized carbons (Fsp3) is 0.514. The number of benzene rings is 4. The lowest BCUT2D eigenvalue weighted by Crippen LogP contribution is -2.42. The number of fused-ring (bicyclic) bond motifs is 2. The molecular weight excluding hydrogens is 1340 g/mol. The molecule has 0 saturated heterocycles. The van der Waals surface area contributed by atoms with Crippen LogP contribution in [-0.4, -0.2) is 126 Å². The molecule has 2 aliphatic carbocycles. The van der Waals surface area contributed by atoms with E-state index < -0.39 is 98.0 Å². The molecule has 6 N–H and O–H groups in total. The van der Waals surface area contributed by atoms with E-state index in [9.17, 15) is 49.3 Å². The number of hydrogen-bond acceptors (Lipinski definition) is 14. The number of nitrogens with zero attached hydrogens (tertiary/aromatic N) is 2. The number of aliphatic carboxylic acids is 1. The minimum atomic E-state index is -5.15. The Labute approximate surface area is 582 Å². The second kappa shape index (κ2) is 35.1. The van der Waals surface area contributed by atoms with Gasteiger partial charge in [-0.15, -0.1) is 0 Å². The van der Waals surface area contributed by atoms with Crippen molar-refractivity contribution in [2.24, 2.45) is 5.14 Å². The first-order chi connectivity index (χ1) is 47.0. The summed E-state index contributed by atoms with van der Waals surface area (Å²) in [5, 5.41) is 20.5. The number of hydrogen-bond donors (Lipinski definition) is 5. The molecule has 0 aromatic heterocycles. The van der Waals surface area contributed by atoms with Gasteiger partial charge in [0.05, 0.1) is 42.4 Å². The van der Waals surface area contributed by atoms with Gasteiger partial charge in [-0.25, -0.2) is 39.9 Å². The van der Waals surface area contributed by atoms with E-state index in [1.807, 2.05) is 12.1 Å². The maximum atomic E-state index is 15.8. The van der Waals surface area contributed by atoms with Crippen LogP contribution in [0.5, 0.6) is 5.75 Å². The molecule has 4 aromatic carbocycles. The molecule has 2 aliphatic heterocycles. The average molecular weight is 1430 g/mol. The molecule has 1 fully saturated rings. The number of unbranched alkanes of at least 4 members (excludes halogenated alkanes) is 3. The van der Waals surface area contributed by atoms with Crippen molar-refractivity contribution in [2.45, 2.75) is 202 Å². The second-order valence-corrected chi connectivity index (χ2v) is 32.2. The smallest absolute Gasteiger partial charge is 0.326 e. The molecule has 0 bridgehead atoms. The van der Waals surface area contributed by atoms with Gasteiger partial charge in [0.1, 0.15) is 34.8 Å². The summed E-state index contributed by atoms with van der Waals surface area (Å²) in [4.78, 5) is 37.5. The first kappa shape index (κ1) is 77.7. The molecule has 2 heterocycles. The van der Waals surface area contributed by atoms with Gasteiger partial charge in [0.2, 0.25) is 21.6 Å². The molecule has 1 saturated carbocycles. The molecule has 99 heavy (non-hydrogen) atoms. The third-order valence-electron chi connectivity index (χ3n) is 18.9. The molecular formula is C74H97F3N5O14S3+. The molecule has 25 heteroatoms. The Bertz CT molecular complexity index is 4070. The highest BCUT2D eigenvalue weighted by Gasteiger charge is 2.45. The average Bonchev–Trinajstić information content (AvgIpc) is 1.63. The summed E-state index contributed by atoms with van der Waals surface area (Å²) in [7, 11) is -14.1. The first-order valence-electron chi connectivity index (χ1n) is 34.6. The van der Waals surface area contributed by atoms with Crippen molar-refractivity contribution in [3.05, 3.63) is 154 Å². The van der Waals surface area contributed by atoms with Crippen LogP contribution in [0, 0.1) is 17.5 Å². The summed E-state index contributed by atoms with van der Waals surface area (Å²) in [5.74, 6) is -8.22. The number of nitrogens with one attached hydrogen (secondary N) is 2. The Morgan fingerprint density at radius 1 is 0.707 bits per heavy atom. The number of rotatable bonds is 36. The van der Waals surface area contributed by atoms with E-state index in [2.05, 4.69) is 115 Å². The third-order valence-corrected chi connectivity index (χ3v) is 22.5. The highest BCUT2D eigenvalue weighted by atomic mass is 32.2. The Hall–Kier alpha value is -7.00. The number of halogens is 3. The summed E-state index contributed by atoms with van der Waals surface area (Å²) in [6.07, 6.45) is 19.6. The van der Waals surface area contributed by atoms with Crippen LogP contribution in [0.3, 0.4) is 0 Å². The Kier molecular flexibility index (Phi) is 27.5. The van der Waals surface area contributed by atoms with E-state index in [-0.39, 0.29) is 81.9 Å². The first-order valence-corrected chi connectivity index (χ1v) is 39.4. The van der Waals surface area contributed by atoms with Gasteiger partial charge in [-0.05, 0) is 131 Å². The van der Waals surface area contributed by atoms with Crippen LogP contribution in [0.1, 0.15) is 180 Å². The standard InChI is InChI=1S/C74H96F3N5O14S3/c1-6-7-17-42-81-60-31-15-13-29-57(60)73(2,3)62(81)39-35-52-23-20-24-53(36-40-63-74(4,5)58-30-14-16-32-61(58)82(63)43-18-19-49-98(89,90)91)69(52)96-56-37-33-51(34-38-56)50-59(72(85)86)80-64(84)41-45-95-47-46-94-44-21-27-55(83)28-22-48-97(87,88)71-66(76)65(75)70(99(78,92)93)67(77)68(71)79-54-25-11-9-8-10-12-26-54/h13-16,29-40,54,59,79H,6-12,17-28,41-50H2,1-5H3,(H4-,78,80,84,85,86,89,90,91,92,93)/p+1/t59-/m0/s1. The number of para-hydroxylation sites is 2. The van der Waals surface area contributed by atoms with Crippen LogP contribution < -0.4 is 25.4 Å². The predicted octanol–water partition coefficient (Wildman–Crippen LogP) is 13.3. The van der Waals surface area contributed by atoms with Crippen LogP contribution >= 0.6 is 0 Å². The highest BCUT2D eigenvalue weighted by molar-refractivity contribution is 7.91. The lowest BCUT2D eigenvalue weighted by Gasteiger charge is -2.27. The Balaban J connectivity index is 0.851. The molecule has 4 aromatic rings. The normalized spacial score (nSPS) is 17.8. The lowest BCUT2D eigenvalue weighted by atomic mass is 9.81. The van der Waals surface area contributed by atoms with Crippen LogP contribution in [0.4, 0.5) is 30.2 Å². The zero-order valence-corrected chi connectivity index (χ0v) is 60.0. The number of sulfonamides is 1. The van der Waals surface area contributed by atoms with E-state index in [1.165, 1.54) is 17.0 Å². The molecule has 19 nitrogen and oxygen atoms in total. The summed E-state index contributed by atoms with van der Waals surface area (Å²) in [5.41, 5.74) is 7.86. The molecule has 1 amide bonds. The summed E-state index contributed by atoms with van der Waals surface area (Å²) >= 11 is 0. The van der Waals surface area contributed by atoms with Gasteiger partial charge >= 0.3 is 5.97 Å². The van der Waals surface area contributed by atoms with Crippen LogP contribution in [0.2, 0.25) is 0 Å². The number of sulfone groups is 1. The van der Waals surface area contributed by atoms with Crippen LogP contribution in [0.25, 0.3) is 0 Å². The zero-order chi connectivity index (χ0) is 71.7. The molecule has 0 spiro atoms. The number of carboxylic acids is 1. The van der Waals surface area contributed by atoms with E-state index >= 15 is 13.2 Å². The van der Waals surface area contributed by atoms with E-state index in [1.54, 1.807) is 24.3 Å². The predicted molar refractivity (Wildman–Crippen MR) is 377 cm³/mol. The topological polar surface area (TPSA) is 278 Å².